The minimum Gasteiger partial charge on any atom is -0.481 e. The summed E-state index contributed by atoms with van der Waals surface area (Å²) in [6.45, 7) is 8.83. The fourth-order valence-electron chi connectivity index (χ4n) is 3.55. The molecule has 104 valence electrons. The third kappa shape index (κ3) is 2.54. The maximum Gasteiger partial charge on any atom is 0.303 e. The fraction of sp³-hybridized carbons (Fsp3) is 0.588. The predicted octanol–water partition coefficient (Wildman–Crippen LogP) is 4.20. The summed E-state index contributed by atoms with van der Waals surface area (Å²) >= 11 is 0. The van der Waals surface area contributed by atoms with Crippen LogP contribution in [-0.2, 0) is 11.2 Å². The molecular weight excluding hydrogens is 236 g/mol. The summed E-state index contributed by atoms with van der Waals surface area (Å²) in [5.74, 6) is -0.233. The summed E-state index contributed by atoms with van der Waals surface area (Å²) in [6.07, 6.45) is 4.57. The second-order valence-corrected chi connectivity index (χ2v) is 5.91. The van der Waals surface area contributed by atoms with Crippen LogP contribution in [0.25, 0.3) is 0 Å². The Kier molecular flexibility index (Phi) is 3.98. The van der Waals surface area contributed by atoms with E-state index in [1.807, 2.05) is 0 Å². The molecular formula is C17H24O2. The molecule has 0 spiro atoms. The molecule has 2 nitrogen and oxygen atoms in total. The maximum absolute atomic E-state index is 10.8. The first-order chi connectivity index (χ1) is 8.93. The van der Waals surface area contributed by atoms with E-state index >= 15 is 0 Å². The van der Waals surface area contributed by atoms with Gasteiger partial charge in [0.2, 0.25) is 0 Å². The van der Waals surface area contributed by atoms with Crippen molar-refractivity contribution in [2.75, 3.05) is 0 Å². The second-order valence-electron chi connectivity index (χ2n) is 5.91. The molecule has 2 rings (SSSR count). The van der Waals surface area contributed by atoms with Gasteiger partial charge in [-0.15, -0.1) is 0 Å². The molecule has 1 N–H and O–H groups in total. The van der Waals surface area contributed by atoms with Crippen LogP contribution in [0.15, 0.2) is 0 Å². The molecule has 0 radical (unpaired) electrons. The summed E-state index contributed by atoms with van der Waals surface area (Å²) in [5.41, 5.74) is 8.59. The fourth-order valence-corrected chi connectivity index (χ4v) is 3.55. The van der Waals surface area contributed by atoms with Gasteiger partial charge in [-0.2, -0.15) is 0 Å². The molecule has 2 heteroatoms. The van der Waals surface area contributed by atoms with E-state index in [0.717, 1.165) is 19.3 Å². The van der Waals surface area contributed by atoms with Crippen LogP contribution in [0, 0.1) is 27.7 Å². The number of carboxylic acid groups (broad SMARTS) is 1. The van der Waals surface area contributed by atoms with Crippen molar-refractivity contribution in [3.8, 4) is 0 Å². The van der Waals surface area contributed by atoms with Gasteiger partial charge in [0, 0.05) is 6.42 Å². The number of hydrogen-bond acceptors (Lipinski definition) is 1. The Morgan fingerprint density at radius 3 is 2.37 bits per heavy atom. The number of hydrogen-bond donors (Lipinski definition) is 1. The molecule has 0 heterocycles. The highest BCUT2D eigenvalue weighted by molar-refractivity contribution is 5.67. The molecule has 0 fully saturated rings. The van der Waals surface area contributed by atoms with Crippen molar-refractivity contribution in [1.82, 2.24) is 0 Å². The van der Waals surface area contributed by atoms with Gasteiger partial charge < -0.3 is 5.11 Å². The minimum absolute atomic E-state index is 0.287. The molecule has 0 aromatic heterocycles. The van der Waals surface area contributed by atoms with E-state index in [9.17, 15) is 4.79 Å². The Morgan fingerprint density at radius 2 is 1.74 bits per heavy atom. The zero-order valence-corrected chi connectivity index (χ0v) is 12.5. The monoisotopic (exact) mass is 260 g/mol. The lowest BCUT2D eigenvalue weighted by Gasteiger charge is -2.31. The summed E-state index contributed by atoms with van der Waals surface area (Å²) < 4.78 is 0. The molecule has 1 aliphatic carbocycles. The number of fused-ring (bicyclic) bond motifs is 1. The van der Waals surface area contributed by atoms with Gasteiger partial charge in [-0.05, 0) is 92.7 Å². The van der Waals surface area contributed by atoms with Crippen LogP contribution in [-0.4, -0.2) is 11.1 Å². The highest BCUT2D eigenvalue weighted by Crippen LogP contribution is 2.40. The van der Waals surface area contributed by atoms with Crippen LogP contribution in [0.2, 0.25) is 0 Å². The first kappa shape index (κ1) is 14.1. The molecule has 0 amide bonds. The van der Waals surface area contributed by atoms with Crippen molar-refractivity contribution >= 4 is 5.97 Å². The van der Waals surface area contributed by atoms with Crippen molar-refractivity contribution < 1.29 is 9.90 Å². The lowest BCUT2D eigenvalue weighted by atomic mass is 9.74. The summed E-state index contributed by atoms with van der Waals surface area (Å²) in [5, 5.41) is 8.91. The van der Waals surface area contributed by atoms with Crippen molar-refractivity contribution in [3.05, 3.63) is 33.4 Å². The van der Waals surface area contributed by atoms with Crippen LogP contribution >= 0.6 is 0 Å². The number of carbonyl (C=O) groups is 1. The van der Waals surface area contributed by atoms with Gasteiger partial charge in [-0.25, -0.2) is 0 Å². The smallest absolute Gasteiger partial charge is 0.303 e. The molecule has 1 atom stereocenters. The van der Waals surface area contributed by atoms with Crippen molar-refractivity contribution in [1.29, 1.82) is 0 Å². The minimum atomic E-state index is -0.676. The largest absolute Gasteiger partial charge is 0.481 e. The Labute approximate surface area is 115 Å². The van der Waals surface area contributed by atoms with Gasteiger partial charge in [-0.3, -0.25) is 4.79 Å². The molecule has 0 aliphatic heterocycles. The van der Waals surface area contributed by atoms with Crippen molar-refractivity contribution in [2.24, 2.45) is 0 Å². The summed E-state index contributed by atoms with van der Waals surface area (Å²) in [6, 6.07) is 0. The summed E-state index contributed by atoms with van der Waals surface area (Å²) in [7, 11) is 0. The van der Waals surface area contributed by atoms with E-state index in [4.69, 9.17) is 5.11 Å². The molecule has 1 aliphatic rings. The molecule has 1 aromatic rings. The van der Waals surface area contributed by atoms with E-state index in [1.54, 1.807) is 0 Å². The second kappa shape index (κ2) is 5.36. The number of benzene rings is 1. The quantitative estimate of drug-likeness (QED) is 0.884. The lowest BCUT2D eigenvalue weighted by molar-refractivity contribution is -0.137. The van der Waals surface area contributed by atoms with Gasteiger partial charge in [0.15, 0.2) is 0 Å². The molecule has 1 unspecified atom stereocenters. The average Bonchev–Trinajstić information content (AvgIpc) is 2.39. The number of carboxylic acids is 1. The molecule has 0 bridgehead atoms. The highest BCUT2D eigenvalue weighted by atomic mass is 16.4. The van der Waals surface area contributed by atoms with Crippen LogP contribution in [0.4, 0.5) is 0 Å². The normalized spacial score (nSPS) is 18.2. The maximum atomic E-state index is 10.8. The first-order valence-corrected chi connectivity index (χ1v) is 7.24. The molecule has 19 heavy (non-hydrogen) atoms. The molecule has 1 aromatic carbocycles. The van der Waals surface area contributed by atoms with E-state index in [2.05, 4.69) is 27.7 Å². The number of rotatable bonds is 3. The van der Waals surface area contributed by atoms with E-state index < -0.39 is 5.97 Å². The van der Waals surface area contributed by atoms with Gasteiger partial charge in [0.05, 0.1) is 0 Å². The Morgan fingerprint density at radius 1 is 1.11 bits per heavy atom. The topological polar surface area (TPSA) is 37.3 Å². The van der Waals surface area contributed by atoms with Crippen LogP contribution in [0.5, 0.6) is 0 Å². The van der Waals surface area contributed by atoms with Gasteiger partial charge >= 0.3 is 5.97 Å². The van der Waals surface area contributed by atoms with Crippen molar-refractivity contribution in [3.63, 3.8) is 0 Å². The zero-order valence-electron chi connectivity index (χ0n) is 12.5. The highest BCUT2D eigenvalue weighted by Gasteiger charge is 2.25. The average molecular weight is 260 g/mol. The van der Waals surface area contributed by atoms with Crippen LogP contribution in [0.1, 0.15) is 65.0 Å². The Bertz CT molecular complexity index is 515. The standard InChI is InChI=1S/C17H24O2/c1-10-11(2)13(4)17-14(8-9-16(18)19)6-5-7-15(17)12(10)3/h14H,5-9H2,1-4H3,(H,18,19). The lowest BCUT2D eigenvalue weighted by Crippen LogP contribution is -2.16. The number of aliphatic carboxylic acids is 1. The third-order valence-corrected chi connectivity index (χ3v) is 4.96. The van der Waals surface area contributed by atoms with Crippen LogP contribution in [0.3, 0.4) is 0 Å². The van der Waals surface area contributed by atoms with E-state index in [-0.39, 0.29) is 6.42 Å². The SMILES string of the molecule is Cc1c(C)c(C)c2c(c1C)CCCC2CCC(=O)O. The van der Waals surface area contributed by atoms with E-state index in [0.29, 0.717) is 5.92 Å². The van der Waals surface area contributed by atoms with Gasteiger partial charge in [0.25, 0.3) is 0 Å². The first-order valence-electron chi connectivity index (χ1n) is 7.24. The van der Waals surface area contributed by atoms with Crippen molar-refractivity contribution in [2.45, 2.75) is 65.7 Å². The van der Waals surface area contributed by atoms with Gasteiger partial charge in [0.1, 0.15) is 0 Å². The Hall–Kier alpha value is -1.31. The van der Waals surface area contributed by atoms with E-state index in [1.165, 1.54) is 39.8 Å². The Balaban J connectivity index is 2.45. The zero-order chi connectivity index (χ0) is 14.2. The van der Waals surface area contributed by atoms with Crippen LogP contribution < -0.4 is 0 Å². The predicted molar refractivity (Wildman–Crippen MR) is 77.9 cm³/mol. The third-order valence-electron chi connectivity index (χ3n) is 4.96. The summed E-state index contributed by atoms with van der Waals surface area (Å²) in [4.78, 5) is 10.8. The van der Waals surface area contributed by atoms with Gasteiger partial charge in [-0.1, -0.05) is 0 Å². The molecule has 0 saturated heterocycles. The molecule has 0 saturated carbocycles.